The minimum Gasteiger partial charge on any atom is -0.480 e. The van der Waals surface area contributed by atoms with E-state index in [-0.39, 0.29) is 18.4 Å². The summed E-state index contributed by atoms with van der Waals surface area (Å²) in [4.78, 5) is 10.6. The molecule has 2 N–H and O–H groups in total. The van der Waals surface area contributed by atoms with E-state index < -0.39 is 5.97 Å². The zero-order chi connectivity index (χ0) is 7.84. The zero-order valence-corrected chi connectivity index (χ0v) is 7.64. The van der Waals surface area contributed by atoms with Crippen LogP contribution in [-0.2, 0) is 4.79 Å². The molecule has 0 radical (unpaired) electrons. The molecular formula is C8H14ClNO2. The van der Waals surface area contributed by atoms with Gasteiger partial charge in [-0.2, -0.15) is 0 Å². The van der Waals surface area contributed by atoms with Gasteiger partial charge in [-0.3, -0.25) is 4.79 Å². The third-order valence-corrected chi connectivity index (χ3v) is 2.91. The quantitative estimate of drug-likeness (QED) is 0.651. The van der Waals surface area contributed by atoms with Crippen LogP contribution in [0, 0.1) is 5.92 Å². The van der Waals surface area contributed by atoms with Gasteiger partial charge in [0, 0.05) is 6.04 Å². The summed E-state index contributed by atoms with van der Waals surface area (Å²) in [6.45, 7) is 0. The minimum atomic E-state index is -0.681. The molecule has 4 heteroatoms. The Balaban J connectivity index is 0.000000720. The summed E-state index contributed by atoms with van der Waals surface area (Å²) in [7, 11) is 0. The number of aliphatic carboxylic acids is 1. The third kappa shape index (κ3) is 1.57. The molecule has 0 bridgehead atoms. The molecule has 0 aromatic rings. The van der Waals surface area contributed by atoms with E-state index >= 15 is 0 Å². The van der Waals surface area contributed by atoms with Crippen molar-refractivity contribution in [1.29, 1.82) is 0 Å². The molecular weight excluding hydrogens is 178 g/mol. The van der Waals surface area contributed by atoms with Gasteiger partial charge < -0.3 is 10.4 Å². The van der Waals surface area contributed by atoms with Crippen molar-refractivity contribution >= 4 is 18.4 Å². The van der Waals surface area contributed by atoms with E-state index in [9.17, 15) is 4.79 Å². The van der Waals surface area contributed by atoms with E-state index in [1.807, 2.05) is 0 Å². The van der Waals surface area contributed by atoms with E-state index in [1.54, 1.807) is 0 Å². The average molecular weight is 192 g/mol. The molecule has 70 valence electrons. The van der Waals surface area contributed by atoms with Crippen LogP contribution < -0.4 is 5.32 Å². The van der Waals surface area contributed by atoms with E-state index in [1.165, 1.54) is 19.3 Å². The summed E-state index contributed by atoms with van der Waals surface area (Å²) < 4.78 is 0. The van der Waals surface area contributed by atoms with Crippen LogP contribution in [0.5, 0.6) is 0 Å². The van der Waals surface area contributed by atoms with Gasteiger partial charge >= 0.3 is 5.97 Å². The topological polar surface area (TPSA) is 49.3 Å². The highest BCUT2D eigenvalue weighted by atomic mass is 35.5. The Kier molecular flexibility index (Phi) is 2.96. The molecule has 0 aromatic heterocycles. The lowest BCUT2D eigenvalue weighted by atomic mass is 10.0. The number of hydrogen-bond acceptors (Lipinski definition) is 2. The lowest BCUT2D eigenvalue weighted by molar-refractivity contribution is -0.139. The first-order valence-electron chi connectivity index (χ1n) is 4.26. The monoisotopic (exact) mass is 191 g/mol. The summed E-state index contributed by atoms with van der Waals surface area (Å²) in [6.07, 6.45) is 4.52. The molecule has 1 aliphatic heterocycles. The normalized spacial score (nSPS) is 38.8. The molecule has 0 aromatic carbocycles. The Morgan fingerprint density at radius 1 is 1.42 bits per heavy atom. The van der Waals surface area contributed by atoms with E-state index in [0.717, 1.165) is 6.42 Å². The first-order valence-corrected chi connectivity index (χ1v) is 4.26. The van der Waals surface area contributed by atoms with Crippen LogP contribution in [-0.4, -0.2) is 23.2 Å². The van der Waals surface area contributed by atoms with Crippen molar-refractivity contribution in [2.45, 2.75) is 37.8 Å². The van der Waals surface area contributed by atoms with Gasteiger partial charge in [0.25, 0.3) is 0 Å². The number of carboxylic acid groups (broad SMARTS) is 1. The highest BCUT2D eigenvalue weighted by Gasteiger charge is 2.39. The molecule has 3 nitrogen and oxygen atoms in total. The summed E-state index contributed by atoms with van der Waals surface area (Å²) in [6, 6.07) is 0.251. The van der Waals surface area contributed by atoms with Crippen molar-refractivity contribution in [3.8, 4) is 0 Å². The first-order chi connectivity index (χ1) is 5.27. The summed E-state index contributed by atoms with van der Waals surface area (Å²) in [5.41, 5.74) is 0. The molecule has 1 aliphatic carbocycles. The fourth-order valence-corrected chi connectivity index (χ4v) is 2.34. The highest BCUT2D eigenvalue weighted by molar-refractivity contribution is 5.85. The number of fused-ring (bicyclic) bond motifs is 1. The second kappa shape index (κ2) is 3.62. The number of hydrogen-bond donors (Lipinski definition) is 2. The van der Waals surface area contributed by atoms with Gasteiger partial charge in [0.1, 0.15) is 6.04 Å². The van der Waals surface area contributed by atoms with Gasteiger partial charge in [0.2, 0.25) is 0 Å². The van der Waals surface area contributed by atoms with Gasteiger partial charge in [-0.25, -0.2) is 0 Å². The predicted molar refractivity (Wildman–Crippen MR) is 47.6 cm³/mol. The molecule has 0 unspecified atom stereocenters. The number of carbonyl (C=O) groups is 1. The van der Waals surface area contributed by atoms with E-state index in [0.29, 0.717) is 12.0 Å². The van der Waals surface area contributed by atoms with Crippen molar-refractivity contribution in [2.75, 3.05) is 0 Å². The van der Waals surface area contributed by atoms with E-state index in [4.69, 9.17) is 5.11 Å². The molecule has 2 aliphatic rings. The Bertz CT molecular complexity index is 174. The largest absolute Gasteiger partial charge is 0.480 e. The van der Waals surface area contributed by atoms with Crippen LogP contribution in [0.2, 0.25) is 0 Å². The van der Waals surface area contributed by atoms with Gasteiger partial charge in [0.05, 0.1) is 0 Å². The molecule has 2 fully saturated rings. The van der Waals surface area contributed by atoms with Crippen LogP contribution in [0.25, 0.3) is 0 Å². The van der Waals surface area contributed by atoms with Crippen molar-refractivity contribution in [1.82, 2.24) is 5.32 Å². The van der Waals surface area contributed by atoms with Gasteiger partial charge in [0.15, 0.2) is 0 Å². The Labute approximate surface area is 77.9 Å². The van der Waals surface area contributed by atoms with Crippen molar-refractivity contribution in [3.05, 3.63) is 0 Å². The molecule has 0 amide bonds. The maximum atomic E-state index is 10.6. The standard InChI is InChI=1S/C8H13NO2.ClH/c10-8(11)7-4-5-2-1-3-6(5)9-7;/h5-7,9H,1-4H2,(H,10,11);1H/t5-,6-,7-;/m1./s1. The summed E-state index contributed by atoms with van der Waals surface area (Å²) >= 11 is 0. The number of halogens is 1. The van der Waals surface area contributed by atoms with Crippen LogP contribution >= 0.6 is 12.4 Å². The second-order valence-electron chi connectivity index (χ2n) is 3.59. The van der Waals surface area contributed by atoms with Crippen LogP contribution in [0.15, 0.2) is 0 Å². The molecule has 1 saturated heterocycles. The molecule has 12 heavy (non-hydrogen) atoms. The fraction of sp³-hybridized carbons (Fsp3) is 0.875. The maximum absolute atomic E-state index is 10.6. The molecule has 0 spiro atoms. The zero-order valence-electron chi connectivity index (χ0n) is 6.82. The Hall–Kier alpha value is -0.280. The van der Waals surface area contributed by atoms with Crippen LogP contribution in [0.1, 0.15) is 25.7 Å². The lowest BCUT2D eigenvalue weighted by Gasteiger charge is -2.07. The van der Waals surface area contributed by atoms with E-state index in [2.05, 4.69) is 5.32 Å². The minimum absolute atomic E-state index is 0. The maximum Gasteiger partial charge on any atom is 0.320 e. The average Bonchev–Trinajstić information content (AvgIpc) is 2.40. The molecule has 1 saturated carbocycles. The summed E-state index contributed by atoms with van der Waals surface area (Å²) in [5.74, 6) is -0.0319. The SMILES string of the molecule is Cl.O=C(O)[C@H]1C[C@H]2CCC[C@H]2N1. The first kappa shape index (κ1) is 9.81. The predicted octanol–water partition coefficient (Wildman–Crippen LogP) is 1.02. The third-order valence-electron chi connectivity index (χ3n) is 2.91. The Morgan fingerprint density at radius 3 is 2.75 bits per heavy atom. The summed E-state index contributed by atoms with van der Waals surface area (Å²) in [5, 5.41) is 11.9. The van der Waals surface area contributed by atoms with Gasteiger partial charge in [-0.05, 0) is 25.2 Å². The van der Waals surface area contributed by atoms with Crippen molar-refractivity contribution in [2.24, 2.45) is 5.92 Å². The van der Waals surface area contributed by atoms with Gasteiger partial charge in [-0.1, -0.05) is 6.42 Å². The van der Waals surface area contributed by atoms with Crippen LogP contribution in [0.4, 0.5) is 0 Å². The number of nitrogens with one attached hydrogen (secondary N) is 1. The van der Waals surface area contributed by atoms with Crippen LogP contribution in [0.3, 0.4) is 0 Å². The molecule has 3 atom stereocenters. The Morgan fingerprint density at radius 2 is 2.17 bits per heavy atom. The van der Waals surface area contributed by atoms with Crippen molar-refractivity contribution in [3.63, 3.8) is 0 Å². The van der Waals surface area contributed by atoms with Gasteiger partial charge in [-0.15, -0.1) is 12.4 Å². The smallest absolute Gasteiger partial charge is 0.320 e. The number of carboxylic acids is 1. The van der Waals surface area contributed by atoms with Crippen molar-refractivity contribution < 1.29 is 9.90 Å². The highest BCUT2D eigenvalue weighted by Crippen LogP contribution is 2.34. The fourth-order valence-electron chi connectivity index (χ4n) is 2.34. The molecule has 1 heterocycles. The molecule has 2 rings (SSSR count). The lowest BCUT2D eigenvalue weighted by Crippen LogP contribution is -2.34. The number of rotatable bonds is 1. The second-order valence-corrected chi connectivity index (χ2v) is 3.59.